The molecule has 1 atom stereocenters. The smallest absolute Gasteiger partial charge is 0.741 e. The third kappa shape index (κ3) is 17.9. The van der Waals surface area contributed by atoms with Crippen molar-refractivity contribution in [1.29, 1.82) is 0 Å². The van der Waals surface area contributed by atoms with E-state index in [1.165, 1.54) is 0 Å². The summed E-state index contributed by atoms with van der Waals surface area (Å²) in [6.45, 7) is 25.7. The molecule has 0 N–H and O–H groups in total. The minimum Gasteiger partial charge on any atom is -0.741 e. The molecule has 0 fully saturated rings. The van der Waals surface area contributed by atoms with Gasteiger partial charge in [0.2, 0.25) is 0 Å². The average molecular weight is 990 g/mol. The zero-order chi connectivity index (χ0) is 43.2. The van der Waals surface area contributed by atoms with Crippen LogP contribution in [0.1, 0.15) is 109 Å². The Kier molecular flexibility index (Phi) is 28.9. The summed E-state index contributed by atoms with van der Waals surface area (Å²) in [5.41, 5.74) is 5.35. The van der Waals surface area contributed by atoms with E-state index in [9.17, 15) is 4.79 Å². The maximum Gasteiger partial charge on any atom is 2.00 e. The quantitative estimate of drug-likeness (QED) is 0.0351. The Morgan fingerprint density at radius 1 is 0.517 bits per heavy atom. The van der Waals surface area contributed by atoms with Gasteiger partial charge in [-0.3, -0.25) is 4.79 Å². The summed E-state index contributed by atoms with van der Waals surface area (Å²) in [5, 5.41) is 37.0. The molecule has 0 aliphatic carbocycles. The van der Waals surface area contributed by atoms with E-state index in [0.717, 1.165) is 68.7 Å². The third-order valence-electron chi connectivity index (χ3n) is 9.39. The van der Waals surface area contributed by atoms with Crippen LogP contribution in [0.15, 0.2) is 89.3 Å². The van der Waals surface area contributed by atoms with Gasteiger partial charge in [-0.2, -0.15) is 30.6 Å². The molecule has 0 saturated carbocycles. The number of amidine groups is 4. The van der Waals surface area contributed by atoms with Gasteiger partial charge in [0.05, 0.1) is 11.4 Å². The summed E-state index contributed by atoms with van der Waals surface area (Å²) in [4.78, 5) is 19.2. The molecule has 0 bridgehead atoms. The van der Waals surface area contributed by atoms with Crippen molar-refractivity contribution in [3.63, 3.8) is 0 Å². The van der Waals surface area contributed by atoms with Crippen LogP contribution < -0.4 is 0 Å². The minimum absolute atomic E-state index is 0. The van der Waals surface area contributed by atoms with E-state index in [-0.39, 0.29) is 40.1 Å². The van der Waals surface area contributed by atoms with Gasteiger partial charge in [-0.1, -0.05) is 55.5 Å². The van der Waals surface area contributed by atoms with Gasteiger partial charge in [-0.05, 0) is 80.2 Å². The molecule has 2 aromatic carbocycles. The largest absolute Gasteiger partial charge is 2.00 e. The zero-order valence-electron chi connectivity index (χ0n) is 36.1. The van der Waals surface area contributed by atoms with Gasteiger partial charge in [0, 0.05) is 89.7 Å². The van der Waals surface area contributed by atoms with Crippen LogP contribution >= 0.6 is 0 Å². The molecule has 0 aliphatic heterocycles. The fourth-order valence-corrected chi connectivity index (χ4v) is 6.68. The van der Waals surface area contributed by atoms with Gasteiger partial charge in [0.1, 0.15) is 17.7 Å². The topological polar surface area (TPSA) is 129 Å². The van der Waals surface area contributed by atoms with Crippen LogP contribution in [0.5, 0.6) is 0 Å². The molecule has 0 heterocycles. The Hall–Kier alpha value is -3.41. The molecule has 0 aliphatic rings. The number of carbonyl (C=O) groups is 1. The molecular weight excluding hydrogens is 932 g/mol. The first-order valence-corrected chi connectivity index (χ1v) is 21.4. The van der Waals surface area contributed by atoms with Gasteiger partial charge >= 0.3 is 34.1 Å². The van der Waals surface area contributed by atoms with Crippen molar-refractivity contribution < 1.29 is 38.9 Å². The maximum absolute atomic E-state index is 11.3. The molecular formula is C41H58Cu2N12OS4. The molecule has 0 spiro atoms. The Labute approximate surface area is 401 Å². The van der Waals surface area contributed by atoms with Crippen molar-refractivity contribution in [2.24, 2.45) is 40.8 Å². The first-order chi connectivity index (χ1) is 27.8. The van der Waals surface area contributed by atoms with Crippen molar-refractivity contribution in [2.75, 3.05) is 52.4 Å². The molecule has 0 saturated heterocycles. The first kappa shape index (κ1) is 56.6. The maximum atomic E-state index is 11.3. The predicted molar refractivity (Wildman–Crippen MR) is 256 cm³/mol. The molecule has 0 amide bonds. The van der Waals surface area contributed by atoms with E-state index in [4.69, 9.17) is 50.5 Å². The van der Waals surface area contributed by atoms with E-state index >= 15 is 0 Å². The standard InChI is InChI=1S/C41H62N12OS4.2Cu/c1-11-50(12-2)38(55)46-42-30(9)36(34-20-18-32(28-54)19-21-34)45-49-41(58)53(17-7)27-26-29(8)33-22-24-35(25-23-33)37(44-48-40(57)52(15-5)16-6)31(10)43-47-39(56)51(13-3)14-4;;/h18-25,28-29H,11-17,26-27H2,1-10H3,(H,46,55)(H,47,56)(H,48,57)(H,49,58);;/q;2*+2/p-4/b42-30+,43-31+,44-37-,45-36-;;. The van der Waals surface area contributed by atoms with Crippen LogP contribution in [0.3, 0.4) is 0 Å². The molecule has 2 aromatic rings. The Bertz CT molecular complexity index is 1860. The molecule has 2 radical (unpaired) electrons. The molecule has 1 unspecified atom stereocenters. The summed E-state index contributed by atoms with van der Waals surface area (Å²) in [5.74, 6) is 0.198. The number of hydrogen-bond acceptors (Lipinski definition) is 13. The first-order valence-electron chi connectivity index (χ1n) is 19.7. The van der Waals surface area contributed by atoms with Crippen molar-refractivity contribution in [3.05, 3.63) is 70.8 Å². The van der Waals surface area contributed by atoms with Gasteiger partial charge < -0.3 is 70.1 Å². The van der Waals surface area contributed by atoms with Crippen LogP contribution in [0, 0.1) is 0 Å². The summed E-state index contributed by atoms with van der Waals surface area (Å²) >= 11 is 22.3. The molecule has 0 aromatic heterocycles. The van der Waals surface area contributed by atoms with Crippen LogP contribution in [-0.2, 0) is 84.7 Å². The van der Waals surface area contributed by atoms with Gasteiger partial charge in [-0.15, -0.1) is 10.2 Å². The number of carbonyl (C=O) groups excluding carboxylic acids is 1. The molecule has 19 heteroatoms. The summed E-state index contributed by atoms with van der Waals surface area (Å²) < 4.78 is 0. The van der Waals surface area contributed by atoms with Crippen LogP contribution in [-0.4, -0.2) is 122 Å². The number of benzene rings is 2. The van der Waals surface area contributed by atoms with Crippen LogP contribution in [0.4, 0.5) is 0 Å². The van der Waals surface area contributed by atoms with Crippen molar-refractivity contribution in [1.82, 2.24) is 19.6 Å². The second-order valence-electron chi connectivity index (χ2n) is 12.9. The average Bonchev–Trinajstić information content (AvgIpc) is 3.24. The van der Waals surface area contributed by atoms with Gasteiger partial charge in [0.15, 0.2) is 0 Å². The summed E-state index contributed by atoms with van der Waals surface area (Å²) in [6, 6.07) is 15.2. The van der Waals surface area contributed by atoms with E-state index < -0.39 is 0 Å². The molecule has 13 nitrogen and oxygen atoms in total. The molecule has 334 valence electrons. The summed E-state index contributed by atoms with van der Waals surface area (Å²) in [6.07, 6.45) is 1.60. The molecule has 2 rings (SSSR count). The fourth-order valence-electron chi connectivity index (χ4n) is 5.52. The van der Waals surface area contributed by atoms with E-state index in [1.54, 1.807) is 31.2 Å². The number of nitrogens with zero attached hydrogens (tertiary/aromatic N) is 12. The fraction of sp³-hybridized carbons (Fsp3) is 0.488. The minimum atomic E-state index is 0. The summed E-state index contributed by atoms with van der Waals surface area (Å²) in [7, 11) is 0. The van der Waals surface area contributed by atoms with Crippen molar-refractivity contribution in [2.45, 2.75) is 81.6 Å². The monoisotopic (exact) mass is 988 g/mol. The zero-order valence-corrected chi connectivity index (χ0v) is 41.3. The Morgan fingerprint density at radius 2 is 0.833 bits per heavy atom. The second kappa shape index (κ2) is 30.6. The SMILES string of the molecule is CCN(CC)/C([S-])=N/N=C(C)/C(=N/N=C(\[S-])N(CC)CC)c1ccc(C(C)CCN(CC)/C([S-])=N/N=C(/C(C)=N/N=C(\[S-])N(CC)CC)c2ccc(C=O)cc2)cc1.[Cu+2].[Cu+2]. The van der Waals surface area contributed by atoms with E-state index in [2.05, 4.69) is 59.9 Å². The normalized spacial score (nSPS) is 13.9. The molecule has 60 heavy (non-hydrogen) atoms. The third-order valence-corrected chi connectivity index (χ3v) is 10.7. The van der Waals surface area contributed by atoms with Crippen molar-refractivity contribution >= 4 is 100 Å². The van der Waals surface area contributed by atoms with E-state index in [1.807, 2.05) is 87.1 Å². The Balaban J connectivity index is 0.0000174. The van der Waals surface area contributed by atoms with Gasteiger partial charge in [-0.25, -0.2) is 0 Å². The van der Waals surface area contributed by atoms with Gasteiger partial charge in [0.25, 0.3) is 0 Å². The predicted octanol–water partition coefficient (Wildman–Crippen LogP) is 6.81. The number of aldehydes is 1. The van der Waals surface area contributed by atoms with E-state index in [0.29, 0.717) is 62.2 Å². The van der Waals surface area contributed by atoms with Crippen LogP contribution in [0.25, 0.3) is 0 Å². The second-order valence-corrected chi connectivity index (χ2v) is 14.4. The van der Waals surface area contributed by atoms with Crippen LogP contribution in [0.2, 0.25) is 0 Å². The number of hydrogen-bond donors (Lipinski definition) is 0. The Morgan fingerprint density at radius 3 is 1.17 bits per heavy atom. The van der Waals surface area contributed by atoms with Crippen molar-refractivity contribution in [3.8, 4) is 0 Å². The number of rotatable bonds is 20.